The number of carbonyl (C=O) groups excluding carboxylic acids is 4. The van der Waals surface area contributed by atoms with E-state index >= 15 is 0 Å². The number of hydrogen-bond donors (Lipinski definition) is 0. The van der Waals surface area contributed by atoms with Gasteiger partial charge < -0.3 is 0 Å². The monoisotopic (exact) mass is 582 g/mol. The summed E-state index contributed by atoms with van der Waals surface area (Å²) in [4.78, 5) is 59.8. The van der Waals surface area contributed by atoms with Gasteiger partial charge in [-0.3, -0.25) is 24.1 Å². The maximum absolute atomic E-state index is 14.4. The van der Waals surface area contributed by atoms with Crippen LogP contribution in [0.25, 0.3) is 5.57 Å². The average molecular weight is 583 g/mol. The van der Waals surface area contributed by atoms with Gasteiger partial charge in [-0.2, -0.15) is 0 Å². The van der Waals surface area contributed by atoms with Gasteiger partial charge >= 0.3 is 0 Å². The molecule has 1 saturated carbocycles. The van der Waals surface area contributed by atoms with Gasteiger partial charge in [0.2, 0.25) is 23.6 Å². The van der Waals surface area contributed by atoms with Crippen molar-refractivity contribution in [3.63, 3.8) is 0 Å². The first-order valence-corrected chi connectivity index (χ1v) is 15.5. The predicted molar refractivity (Wildman–Crippen MR) is 168 cm³/mol. The highest BCUT2D eigenvalue weighted by Crippen LogP contribution is 2.63. The number of hydrogen-bond acceptors (Lipinski definition) is 4. The highest BCUT2D eigenvalue weighted by atomic mass is 16.2. The normalized spacial score (nSPS) is 30.3. The van der Waals surface area contributed by atoms with Gasteiger partial charge in [-0.05, 0) is 97.7 Å². The van der Waals surface area contributed by atoms with Crippen LogP contribution in [-0.4, -0.2) is 23.6 Å². The Morgan fingerprint density at radius 3 is 1.75 bits per heavy atom. The molecule has 0 radical (unpaired) electrons. The minimum Gasteiger partial charge on any atom is -0.274 e. The zero-order valence-corrected chi connectivity index (χ0v) is 25.3. The van der Waals surface area contributed by atoms with Gasteiger partial charge in [0.15, 0.2) is 0 Å². The van der Waals surface area contributed by atoms with Crippen molar-refractivity contribution in [2.75, 3.05) is 9.80 Å². The van der Waals surface area contributed by atoms with Crippen molar-refractivity contribution < 1.29 is 19.2 Å². The van der Waals surface area contributed by atoms with Crippen LogP contribution in [0.2, 0.25) is 0 Å². The van der Waals surface area contributed by atoms with Crippen molar-refractivity contribution in [2.45, 2.75) is 34.1 Å². The van der Waals surface area contributed by atoms with Gasteiger partial charge in [0.25, 0.3) is 0 Å². The minimum atomic E-state index is -0.580. The van der Waals surface area contributed by atoms with E-state index in [1.54, 1.807) is 0 Å². The number of imide groups is 2. The van der Waals surface area contributed by atoms with Crippen LogP contribution in [0.1, 0.15) is 34.2 Å². The highest BCUT2D eigenvalue weighted by molar-refractivity contribution is 6.24. The van der Waals surface area contributed by atoms with E-state index in [4.69, 9.17) is 0 Å². The molecule has 2 aliphatic heterocycles. The number of carbonyl (C=O) groups is 4. The number of amides is 4. The van der Waals surface area contributed by atoms with Gasteiger partial charge in [-0.15, -0.1) is 0 Å². The second kappa shape index (κ2) is 9.46. The number of anilines is 2. The first kappa shape index (κ1) is 27.0. The number of allylic oxidation sites excluding steroid dienone is 4. The molecule has 6 heteroatoms. The lowest BCUT2D eigenvalue weighted by Gasteiger charge is -2.51. The lowest BCUT2D eigenvalue weighted by Crippen LogP contribution is -2.51. The average Bonchev–Trinajstić information content (AvgIpc) is 3.45. The van der Waals surface area contributed by atoms with Crippen LogP contribution in [-0.2, 0) is 19.2 Å². The molecule has 220 valence electrons. The molecule has 4 amide bonds. The van der Waals surface area contributed by atoms with E-state index in [1.807, 2.05) is 82.3 Å². The van der Waals surface area contributed by atoms with E-state index < -0.39 is 23.7 Å². The Bertz CT molecular complexity index is 1870. The summed E-state index contributed by atoms with van der Waals surface area (Å²) < 4.78 is 0. The topological polar surface area (TPSA) is 74.8 Å². The summed E-state index contributed by atoms with van der Waals surface area (Å²) in [6.45, 7) is 7.99. The van der Waals surface area contributed by atoms with Crippen LogP contribution in [0, 0.1) is 69.1 Å². The molecule has 0 unspecified atom stereocenters. The summed E-state index contributed by atoms with van der Waals surface area (Å²) in [5, 5.41) is 0. The Kier molecular flexibility index (Phi) is 5.80. The molecule has 6 nitrogen and oxygen atoms in total. The van der Waals surface area contributed by atoms with Crippen molar-refractivity contribution in [3.05, 3.63) is 112 Å². The molecule has 3 aromatic rings. The molecule has 2 heterocycles. The lowest BCUT2D eigenvalue weighted by molar-refractivity contribution is -0.129. The zero-order valence-electron chi connectivity index (χ0n) is 25.3. The maximum Gasteiger partial charge on any atom is 0.238 e. The van der Waals surface area contributed by atoms with E-state index in [0.717, 1.165) is 39.0 Å². The summed E-state index contributed by atoms with van der Waals surface area (Å²) in [7, 11) is 0. The smallest absolute Gasteiger partial charge is 0.238 e. The van der Waals surface area contributed by atoms with Gasteiger partial charge in [0.1, 0.15) is 0 Å². The Labute approximate surface area is 257 Å². The molecule has 9 rings (SSSR count). The molecule has 7 atom stereocenters. The third kappa shape index (κ3) is 3.54. The highest BCUT2D eigenvalue weighted by Gasteiger charge is 2.67. The number of fused-ring (bicyclic) bond motifs is 1. The van der Waals surface area contributed by atoms with Crippen LogP contribution in [0.15, 0.2) is 84.5 Å². The fraction of sp³-hybridized carbons (Fsp3) is 0.316. The SMILES string of the molecule is Cc1ccc(N2C(=O)[C@@H]3[C@H]4C=C[C@H](C5=C(c6ccccc6)C[C@H]6C(=O)N(c7ccc(C)c(C)c7)C(=O)[C@H]6[C@H]54)[C@H]3C2=O)cc1C. The number of rotatable bonds is 3. The van der Waals surface area contributed by atoms with Crippen molar-refractivity contribution in [1.82, 2.24) is 0 Å². The van der Waals surface area contributed by atoms with Crippen molar-refractivity contribution in [2.24, 2.45) is 41.4 Å². The standard InChI is InChI=1S/C38H34N2O4/c1-19-10-12-24(16-21(19)3)39-35(41)29-18-28(23-8-6-5-7-9-23)30-26-14-15-27(31(30)34(29)38(39)44)33-32(26)36(42)40(37(33)43)25-13-11-20(2)22(4)17-25/h5-17,26-27,29,31-34H,18H2,1-4H3/t26-,27+,29-,31+,32-,33-,34-/m1/s1. The van der Waals surface area contributed by atoms with Crippen LogP contribution in [0.5, 0.6) is 0 Å². The van der Waals surface area contributed by atoms with Crippen LogP contribution < -0.4 is 9.80 Å². The van der Waals surface area contributed by atoms with Crippen molar-refractivity contribution >= 4 is 40.6 Å². The predicted octanol–water partition coefficient (Wildman–Crippen LogP) is 6.12. The van der Waals surface area contributed by atoms with Crippen LogP contribution >= 0.6 is 0 Å². The second-order valence-electron chi connectivity index (χ2n) is 13.3. The molecule has 4 aliphatic carbocycles. The fourth-order valence-corrected chi connectivity index (χ4v) is 8.75. The molecule has 2 saturated heterocycles. The fourth-order valence-electron chi connectivity index (χ4n) is 8.75. The summed E-state index contributed by atoms with van der Waals surface area (Å²) in [5.74, 6) is -3.93. The van der Waals surface area contributed by atoms with Crippen LogP contribution in [0.4, 0.5) is 11.4 Å². The third-order valence-corrected chi connectivity index (χ3v) is 11.1. The van der Waals surface area contributed by atoms with E-state index in [0.29, 0.717) is 17.8 Å². The Morgan fingerprint density at radius 1 is 0.568 bits per heavy atom. The van der Waals surface area contributed by atoms with Crippen LogP contribution in [0.3, 0.4) is 0 Å². The molecular formula is C38H34N2O4. The van der Waals surface area contributed by atoms with Gasteiger partial charge in [0.05, 0.1) is 35.0 Å². The maximum atomic E-state index is 14.4. The first-order valence-electron chi connectivity index (χ1n) is 15.5. The number of benzene rings is 3. The van der Waals surface area contributed by atoms with E-state index in [2.05, 4.69) is 24.3 Å². The Morgan fingerprint density at radius 2 is 1.14 bits per heavy atom. The van der Waals surface area contributed by atoms with Crippen molar-refractivity contribution in [3.8, 4) is 0 Å². The quantitative estimate of drug-likeness (QED) is 0.276. The molecule has 3 fully saturated rings. The lowest BCUT2D eigenvalue weighted by atomic mass is 9.49. The van der Waals surface area contributed by atoms with E-state index in [-0.39, 0.29) is 41.4 Å². The molecular weight excluding hydrogens is 548 g/mol. The molecule has 0 aromatic heterocycles. The number of aryl methyl sites for hydroxylation is 4. The molecule has 3 aromatic carbocycles. The van der Waals surface area contributed by atoms with E-state index in [9.17, 15) is 19.2 Å². The second-order valence-corrected chi connectivity index (χ2v) is 13.3. The Hall–Kier alpha value is -4.58. The summed E-state index contributed by atoms with van der Waals surface area (Å²) in [6, 6.07) is 21.5. The largest absolute Gasteiger partial charge is 0.274 e. The minimum absolute atomic E-state index is 0.173. The van der Waals surface area contributed by atoms with Gasteiger partial charge in [-0.25, -0.2) is 4.90 Å². The molecule has 44 heavy (non-hydrogen) atoms. The summed E-state index contributed by atoms with van der Waals surface area (Å²) >= 11 is 0. The summed E-state index contributed by atoms with van der Waals surface area (Å²) in [5.41, 5.74) is 8.55. The molecule has 0 spiro atoms. The Balaban J connectivity index is 1.28. The van der Waals surface area contributed by atoms with Gasteiger partial charge in [-0.1, -0.05) is 60.2 Å². The first-order chi connectivity index (χ1) is 21.2. The molecule has 2 bridgehead atoms. The third-order valence-electron chi connectivity index (χ3n) is 11.1. The number of nitrogens with zero attached hydrogens (tertiary/aromatic N) is 2. The summed E-state index contributed by atoms with van der Waals surface area (Å²) in [6.07, 6.45) is 4.60. The zero-order chi connectivity index (χ0) is 30.6. The van der Waals surface area contributed by atoms with Gasteiger partial charge in [0, 0.05) is 11.8 Å². The van der Waals surface area contributed by atoms with E-state index in [1.165, 1.54) is 9.80 Å². The van der Waals surface area contributed by atoms with Crippen molar-refractivity contribution in [1.29, 1.82) is 0 Å². The molecule has 0 N–H and O–H groups in total. The molecule has 6 aliphatic rings.